The fourth-order valence-electron chi connectivity index (χ4n) is 9.20. The maximum atomic E-state index is 2.43. The van der Waals surface area contributed by atoms with Crippen LogP contribution in [0.5, 0.6) is 0 Å². The SMILES string of the molecule is CC1(c2ccc(N(c3ccc(-c4ccc5c(ccc6c7ccccc7ccc56)c4)cc3)c3cccc4c5ccccc5n(-c5ccccc5)c34)cc2)C=CC=CC1. The highest BCUT2D eigenvalue weighted by atomic mass is 15.2. The summed E-state index contributed by atoms with van der Waals surface area (Å²) in [5, 5.41) is 10.2. The Morgan fingerprint density at radius 2 is 1.11 bits per heavy atom. The van der Waals surface area contributed by atoms with Crippen molar-refractivity contribution < 1.29 is 0 Å². The van der Waals surface area contributed by atoms with E-state index in [1.807, 2.05) is 0 Å². The van der Waals surface area contributed by atoms with E-state index in [2.05, 4.69) is 229 Å². The van der Waals surface area contributed by atoms with Crippen LogP contribution in [0.25, 0.3) is 70.9 Å². The standard InChI is InChI=1S/C55H40N2/c1-55(35-10-3-11-36-55)42-26-30-45(31-27-42)56(53-20-12-18-51-50-17-8-9-19-52(50)57(54(51)53)43-14-4-2-5-15-43)44-28-21-38(22-29-44)40-24-32-47-41(37-40)25-34-48-46-16-7-6-13-39(46)23-33-49(47)48/h2-35,37H,36H2,1H3. The quantitative estimate of drug-likeness (QED) is 0.155. The predicted octanol–water partition coefficient (Wildman–Crippen LogP) is 15.2. The molecule has 0 N–H and O–H groups in total. The van der Waals surface area contributed by atoms with Gasteiger partial charge in [0.2, 0.25) is 0 Å². The number of benzene rings is 9. The molecule has 1 aliphatic rings. The highest BCUT2D eigenvalue weighted by Gasteiger charge is 2.25. The number of fused-ring (bicyclic) bond motifs is 8. The van der Waals surface area contributed by atoms with Gasteiger partial charge in [-0.05, 0) is 110 Å². The Morgan fingerprint density at radius 3 is 1.88 bits per heavy atom. The second kappa shape index (κ2) is 13.3. The summed E-state index contributed by atoms with van der Waals surface area (Å²) in [6.45, 7) is 2.33. The van der Waals surface area contributed by atoms with Crippen molar-refractivity contribution in [2.24, 2.45) is 0 Å². The van der Waals surface area contributed by atoms with E-state index in [4.69, 9.17) is 0 Å². The van der Waals surface area contributed by atoms with Crippen molar-refractivity contribution in [2.75, 3.05) is 4.90 Å². The van der Waals surface area contributed by atoms with Gasteiger partial charge in [0.05, 0.1) is 16.7 Å². The predicted molar refractivity (Wildman–Crippen MR) is 244 cm³/mol. The van der Waals surface area contributed by atoms with Gasteiger partial charge in [0, 0.05) is 33.2 Å². The van der Waals surface area contributed by atoms with Gasteiger partial charge in [-0.3, -0.25) is 0 Å². The number of rotatable bonds is 6. The molecule has 0 saturated carbocycles. The number of allylic oxidation sites excluding steroid dienone is 4. The van der Waals surface area contributed by atoms with Crippen LogP contribution in [0.15, 0.2) is 212 Å². The molecule has 2 heteroatoms. The lowest BCUT2D eigenvalue weighted by molar-refractivity contribution is 0.600. The maximum absolute atomic E-state index is 2.43. The van der Waals surface area contributed by atoms with Crippen LogP contribution in [0.3, 0.4) is 0 Å². The van der Waals surface area contributed by atoms with E-state index < -0.39 is 0 Å². The van der Waals surface area contributed by atoms with Gasteiger partial charge in [0.1, 0.15) is 0 Å². The van der Waals surface area contributed by atoms with Crippen molar-refractivity contribution in [3.05, 3.63) is 218 Å². The molecule has 0 radical (unpaired) electrons. The average molecular weight is 729 g/mol. The van der Waals surface area contributed by atoms with Gasteiger partial charge in [0.15, 0.2) is 0 Å². The molecule has 1 heterocycles. The first-order chi connectivity index (χ1) is 28.1. The molecule has 1 aromatic heterocycles. The first-order valence-corrected chi connectivity index (χ1v) is 19.9. The topological polar surface area (TPSA) is 8.17 Å². The third-order valence-electron chi connectivity index (χ3n) is 12.2. The second-order valence-corrected chi connectivity index (χ2v) is 15.6. The van der Waals surface area contributed by atoms with Crippen molar-refractivity contribution >= 4 is 71.2 Å². The average Bonchev–Trinajstić information content (AvgIpc) is 3.62. The van der Waals surface area contributed by atoms with Crippen LogP contribution in [0.1, 0.15) is 18.9 Å². The number of anilines is 3. The van der Waals surface area contributed by atoms with Crippen LogP contribution in [-0.4, -0.2) is 4.57 Å². The number of para-hydroxylation sites is 3. The molecule has 1 aliphatic carbocycles. The van der Waals surface area contributed by atoms with Gasteiger partial charge in [0.25, 0.3) is 0 Å². The van der Waals surface area contributed by atoms with Crippen LogP contribution in [0.2, 0.25) is 0 Å². The summed E-state index contributed by atoms with van der Waals surface area (Å²) in [5.74, 6) is 0. The molecule has 2 nitrogen and oxygen atoms in total. The van der Waals surface area contributed by atoms with E-state index in [0.717, 1.165) is 29.2 Å². The van der Waals surface area contributed by atoms with Crippen molar-refractivity contribution in [3.8, 4) is 16.8 Å². The molecule has 9 aromatic carbocycles. The van der Waals surface area contributed by atoms with Crippen molar-refractivity contribution in [3.63, 3.8) is 0 Å². The van der Waals surface area contributed by atoms with Gasteiger partial charge < -0.3 is 9.47 Å². The van der Waals surface area contributed by atoms with Crippen LogP contribution in [0, 0.1) is 0 Å². The first kappa shape index (κ1) is 33.2. The minimum absolute atomic E-state index is 0.0283. The molecule has 0 saturated heterocycles. The minimum Gasteiger partial charge on any atom is -0.308 e. The van der Waals surface area contributed by atoms with E-state index in [9.17, 15) is 0 Å². The molecule has 0 spiro atoms. The molecule has 0 aliphatic heterocycles. The number of hydrogen-bond acceptors (Lipinski definition) is 1. The molecule has 270 valence electrons. The molecule has 0 bridgehead atoms. The number of hydrogen-bond donors (Lipinski definition) is 0. The Bertz CT molecular complexity index is 3200. The minimum atomic E-state index is -0.0283. The summed E-state index contributed by atoms with van der Waals surface area (Å²) in [6.07, 6.45) is 9.91. The number of nitrogens with zero attached hydrogens (tertiary/aromatic N) is 2. The zero-order chi connectivity index (χ0) is 37.9. The lowest BCUT2D eigenvalue weighted by atomic mass is 9.77. The molecule has 1 unspecified atom stereocenters. The Labute approximate surface area is 332 Å². The van der Waals surface area contributed by atoms with E-state index in [-0.39, 0.29) is 5.41 Å². The smallest absolute Gasteiger partial charge is 0.0782 e. The van der Waals surface area contributed by atoms with Gasteiger partial charge in [-0.2, -0.15) is 0 Å². The first-order valence-electron chi connectivity index (χ1n) is 19.9. The molecule has 11 rings (SSSR count). The van der Waals surface area contributed by atoms with Gasteiger partial charge in [-0.1, -0.05) is 165 Å². The zero-order valence-corrected chi connectivity index (χ0v) is 31.8. The van der Waals surface area contributed by atoms with Crippen LogP contribution in [-0.2, 0) is 5.41 Å². The van der Waals surface area contributed by atoms with Crippen LogP contribution in [0.4, 0.5) is 17.1 Å². The Hall–Kier alpha value is -7.16. The third-order valence-corrected chi connectivity index (χ3v) is 12.2. The molecule has 57 heavy (non-hydrogen) atoms. The summed E-state index contributed by atoms with van der Waals surface area (Å²) in [5.41, 5.74) is 10.6. The third kappa shape index (κ3) is 5.48. The molecule has 0 fully saturated rings. The second-order valence-electron chi connectivity index (χ2n) is 15.6. The van der Waals surface area contributed by atoms with E-state index in [1.165, 1.54) is 70.8 Å². The largest absolute Gasteiger partial charge is 0.308 e. The Morgan fingerprint density at radius 1 is 0.474 bits per heavy atom. The molecule has 10 aromatic rings. The van der Waals surface area contributed by atoms with Gasteiger partial charge in [-0.25, -0.2) is 0 Å². The monoisotopic (exact) mass is 728 g/mol. The summed E-state index contributed by atoms with van der Waals surface area (Å²) >= 11 is 0. The molecule has 0 amide bonds. The Kier molecular flexibility index (Phi) is 7.72. The van der Waals surface area contributed by atoms with E-state index in [1.54, 1.807) is 0 Å². The van der Waals surface area contributed by atoms with Crippen molar-refractivity contribution in [2.45, 2.75) is 18.8 Å². The fraction of sp³-hybridized carbons (Fsp3) is 0.0545. The molecular weight excluding hydrogens is 689 g/mol. The van der Waals surface area contributed by atoms with Crippen molar-refractivity contribution in [1.29, 1.82) is 0 Å². The van der Waals surface area contributed by atoms with E-state index >= 15 is 0 Å². The molecular formula is C55H40N2. The fourth-order valence-corrected chi connectivity index (χ4v) is 9.20. The van der Waals surface area contributed by atoms with E-state index in [0.29, 0.717) is 0 Å². The lowest BCUT2D eigenvalue weighted by Crippen LogP contribution is -2.19. The van der Waals surface area contributed by atoms with Crippen LogP contribution >= 0.6 is 0 Å². The molecule has 1 atom stereocenters. The normalized spacial score (nSPS) is 15.3. The lowest BCUT2D eigenvalue weighted by Gasteiger charge is -2.30. The summed E-state index contributed by atoms with van der Waals surface area (Å²) in [7, 11) is 0. The summed E-state index contributed by atoms with van der Waals surface area (Å²) in [4.78, 5) is 2.43. The highest BCUT2D eigenvalue weighted by molar-refractivity contribution is 6.18. The number of aromatic nitrogens is 1. The van der Waals surface area contributed by atoms with Gasteiger partial charge in [-0.15, -0.1) is 0 Å². The zero-order valence-electron chi connectivity index (χ0n) is 31.8. The maximum Gasteiger partial charge on any atom is 0.0782 e. The summed E-state index contributed by atoms with van der Waals surface area (Å²) in [6, 6.07) is 69.3. The van der Waals surface area contributed by atoms with Crippen molar-refractivity contribution in [1.82, 2.24) is 4.57 Å². The van der Waals surface area contributed by atoms with Gasteiger partial charge >= 0.3 is 0 Å². The highest BCUT2D eigenvalue weighted by Crippen LogP contribution is 2.45. The Balaban J connectivity index is 1.06. The van der Waals surface area contributed by atoms with Crippen LogP contribution < -0.4 is 4.90 Å². The summed E-state index contributed by atoms with van der Waals surface area (Å²) < 4.78 is 2.43.